The molecule has 2 amide bonds. The molecule has 8 heteroatoms. The van der Waals surface area contributed by atoms with E-state index in [-0.39, 0.29) is 11.7 Å². The summed E-state index contributed by atoms with van der Waals surface area (Å²) >= 11 is 7.02. The van der Waals surface area contributed by atoms with Crippen molar-refractivity contribution in [3.8, 4) is 5.75 Å². The topological polar surface area (TPSA) is 81.7 Å². The molecule has 0 atom stereocenters. The number of aromatic hydroxyl groups is 1. The van der Waals surface area contributed by atoms with Crippen molar-refractivity contribution in [2.75, 3.05) is 26.0 Å². The maximum atomic E-state index is 12.8. The fraction of sp³-hybridized carbons (Fsp3) is 0.429. The Balaban J connectivity index is 2.14. The maximum Gasteiger partial charge on any atom is 0.262 e. The fourth-order valence-corrected chi connectivity index (χ4v) is 3.74. The number of nitrogens with one attached hydrogen (secondary N) is 2. The molecule has 1 aromatic carbocycles. The Morgan fingerprint density at radius 1 is 1.21 bits per heavy atom. The molecule has 1 heterocycles. The second-order valence-electron chi connectivity index (χ2n) is 7.68. The lowest BCUT2D eigenvalue weighted by molar-refractivity contribution is -0.121. The normalized spacial score (nSPS) is 11.6. The molecular weight excluding hydrogens is 410 g/mol. The van der Waals surface area contributed by atoms with E-state index in [0.29, 0.717) is 14.9 Å². The van der Waals surface area contributed by atoms with Gasteiger partial charge in [-0.25, -0.2) is 0 Å². The van der Waals surface area contributed by atoms with Crippen LogP contribution < -0.4 is 10.6 Å². The molecule has 0 aliphatic rings. The molecule has 0 unspecified atom stereocenters. The first-order chi connectivity index (χ1) is 13.5. The summed E-state index contributed by atoms with van der Waals surface area (Å²) < 4.78 is 0.504. The lowest BCUT2D eigenvalue weighted by atomic mass is 9.99. The molecule has 0 bridgehead atoms. The van der Waals surface area contributed by atoms with Crippen LogP contribution in [0.4, 0.5) is 5.69 Å². The van der Waals surface area contributed by atoms with Crippen LogP contribution in [-0.4, -0.2) is 48.0 Å². The monoisotopic (exact) mass is 437 g/mol. The lowest BCUT2D eigenvalue weighted by Gasteiger charge is -2.25. The predicted molar refractivity (Wildman–Crippen MR) is 119 cm³/mol. The molecule has 3 N–H and O–H groups in total. The van der Waals surface area contributed by atoms with Gasteiger partial charge in [-0.1, -0.05) is 18.5 Å². The van der Waals surface area contributed by atoms with Gasteiger partial charge >= 0.3 is 0 Å². The molecular formula is C21H28ClN3O3S. The molecule has 0 fully saturated rings. The van der Waals surface area contributed by atoms with Crippen molar-refractivity contribution in [2.45, 2.75) is 39.2 Å². The highest BCUT2D eigenvalue weighted by Crippen LogP contribution is 2.29. The molecule has 0 aliphatic heterocycles. The van der Waals surface area contributed by atoms with Gasteiger partial charge < -0.3 is 20.6 Å². The first-order valence-electron chi connectivity index (χ1n) is 9.42. The Hall–Kier alpha value is -2.09. The summed E-state index contributed by atoms with van der Waals surface area (Å²) in [6.45, 7) is 6.12. The molecule has 0 saturated heterocycles. The average Bonchev–Trinajstić information content (AvgIpc) is 3.07. The van der Waals surface area contributed by atoms with Crippen molar-refractivity contribution in [1.29, 1.82) is 0 Å². The number of anilines is 1. The van der Waals surface area contributed by atoms with Crippen molar-refractivity contribution in [1.82, 2.24) is 10.2 Å². The Morgan fingerprint density at radius 2 is 1.90 bits per heavy atom. The van der Waals surface area contributed by atoms with Crippen molar-refractivity contribution < 1.29 is 14.7 Å². The first-order valence-corrected chi connectivity index (χ1v) is 10.6. The van der Waals surface area contributed by atoms with Gasteiger partial charge in [-0.3, -0.25) is 9.59 Å². The summed E-state index contributed by atoms with van der Waals surface area (Å²) in [7, 11) is 4.00. The van der Waals surface area contributed by atoms with Crippen LogP contribution in [0.2, 0.25) is 4.34 Å². The van der Waals surface area contributed by atoms with Gasteiger partial charge in [0.15, 0.2) is 0 Å². The number of benzene rings is 1. The van der Waals surface area contributed by atoms with Crippen LogP contribution in [-0.2, 0) is 17.6 Å². The first kappa shape index (κ1) is 23.2. The summed E-state index contributed by atoms with van der Waals surface area (Å²) in [6, 6.07) is 6.75. The number of hydrogen-bond donors (Lipinski definition) is 3. The number of amides is 2. The molecule has 2 aromatic rings. The van der Waals surface area contributed by atoms with Crippen molar-refractivity contribution in [2.24, 2.45) is 0 Å². The SMILES string of the molecule is CCc1cc(NC(=O)C(C)(C)NC(=O)c2ccc(Cl)s2)c(O)cc1CCN(C)C. The molecule has 1 aromatic heterocycles. The number of aryl methyl sites for hydroxylation is 1. The van der Waals surface area contributed by atoms with Crippen LogP contribution in [0.1, 0.15) is 41.6 Å². The van der Waals surface area contributed by atoms with E-state index in [2.05, 4.69) is 15.5 Å². The van der Waals surface area contributed by atoms with Gasteiger partial charge in [0.1, 0.15) is 11.3 Å². The number of phenols is 1. The van der Waals surface area contributed by atoms with Crippen LogP contribution in [0.15, 0.2) is 24.3 Å². The van der Waals surface area contributed by atoms with Crippen LogP contribution >= 0.6 is 22.9 Å². The average molecular weight is 438 g/mol. The van der Waals surface area contributed by atoms with Crippen molar-refractivity contribution in [3.63, 3.8) is 0 Å². The van der Waals surface area contributed by atoms with Crippen LogP contribution in [0.3, 0.4) is 0 Å². The molecule has 2 rings (SSSR count). The van der Waals surface area contributed by atoms with E-state index in [1.807, 2.05) is 21.0 Å². The smallest absolute Gasteiger partial charge is 0.262 e. The largest absolute Gasteiger partial charge is 0.506 e. The number of carbonyl (C=O) groups excluding carboxylic acids is 2. The van der Waals surface area contributed by atoms with Gasteiger partial charge in [0, 0.05) is 6.54 Å². The molecule has 29 heavy (non-hydrogen) atoms. The molecule has 0 radical (unpaired) electrons. The Labute approximate surface area is 180 Å². The minimum absolute atomic E-state index is 0.0106. The zero-order valence-electron chi connectivity index (χ0n) is 17.4. The van der Waals surface area contributed by atoms with E-state index < -0.39 is 11.4 Å². The zero-order chi connectivity index (χ0) is 21.8. The lowest BCUT2D eigenvalue weighted by Crippen LogP contribution is -2.52. The van der Waals surface area contributed by atoms with Crippen LogP contribution in [0.5, 0.6) is 5.75 Å². The molecule has 158 valence electrons. The summed E-state index contributed by atoms with van der Waals surface area (Å²) in [6.07, 6.45) is 1.59. The van der Waals surface area contributed by atoms with E-state index >= 15 is 0 Å². The number of carbonyl (C=O) groups is 2. The third-order valence-corrected chi connectivity index (χ3v) is 5.80. The number of halogens is 1. The number of phenolic OH excluding ortho intramolecular Hbond substituents is 1. The van der Waals surface area contributed by atoms with Crippen LogP contribution in [0.25, 0.3) is 0 Å². The minimum Gasteiger partial charge on any atom is -0.506 e. The second-order valence-corrected chi connectivity index (χ2v) is 9.40. The zero-order valence-corrected chi connectivity index (χ0v) is 19.0. The fourth-order valence-electron chi connectivity index (χ4n) is 2.80. The highest BCUT2D eigenvalue weighted by Gasteiger charge is 2.31. The van der Waals surface area contributed by atoms with E-state index in [0.717, 1.165) is 41.9 Å². The Bertz CT molecular complexity index is 893. The minimum atomic E-state index is -1.18. The third kappa shape index (κ3) is 6.19. The van der Waals surface area contributed by atoms with E-state index in [9.17, 15) is 14.7 Å². The molecule has 0 saturated carbocycles. The number of likely N-dealkylation sites (N-methyl/N-ethyl adjacent to an activating group) is 1. The van der Waals surface area contributed by atoms with Gasteiger partial charge in [-0.2, -0.15) is 0 Å². The van der Waals surface area contributed by atoms with E-state index in [1.165, 1.54) is 0 Å². The maximum absolute atomic E-state index is 12.8. The predicted octanol–water partition coefficient (Wildman–Crippen LogP) is 3.92. The third-order valence-electron chi connectivity index (χ3n) is 4.57. The standard InChI is InChI=1S/C21H28ClN3O3S/c1-6-13-11-15(16(26)12-14(13)9-10-25(4)5)23-20(28)21(2,3)24-19(27)17-7-8-18(22)29-17/h7-8,11-12,26H,6,9-10H2,1-5H3,(H,23,28)(H,24,27). The molecule has 0 spiro atoms. The number of nitrogens with zero attached hydrogens (tertiary/aromatic N) is 1. The van der Waals surface area contributed by atoms with E-state index in [4.69, 9.17) is 11.6 Å². The quantitative estimate of drug-likeness (QED) is 0.546. The highest BCUT2D eigenvalue weighted by atomic mass is 35.5. The van der Waals surface area contributed by atoms with Gasteiger partial charge in [0.05, 0.1) is 14.9 Å². The summed E-state index contributed by atoms with van der Waals surface area (Å²) in [5.74, 6) is -0.789. The van der Waals surface area contributed by atoms with Gasteiger partial charge in [0.25, 0.3) is 5.91 Å². The van der Waals surface area contributed by atoms with Crippen LogP contribution in [0, 0.1) is 0 Å². The van der Waals surface area contributed by atoms with Gasteiger partial charge in [-0.05, 0) is 76.2 Å². The second kappa shape index (κ2) is 9.61. The summed E-state index contributed by atoms with van der Waals surface area (Å²) in [4.78, 5) is 27.7. The Morgan fingerprint density at radius 3 is 2.45 bits per heavy atom. The summed E-state index contributed by atoms with van der Waals surface area (Å²) in [5, 5.41) is 15.9. The van der Waals surface area contributed by atoms with Crippen molar-refractivity contribution in [3.05, 3.63) is 44.6 Å². The highest BCUT2D eigenvalue weighted by molar-refractivity contribution is 7.18. The number of thiophene rings is 1. The van der Waals surface area contributed by atoms with E-state index in [1.54, 1.807) is 38.1 Å². The molecule has 0 aliphatic carbocycles. The number of hydrogen-bond acceptors (Lipinski definition) is 5. The van der Waals surface area contributed by atoms with Gasteiger partial charge in [0.2, 0.25) is 5.91 Å². The Kier molecular flexibility index (Phi) is 7.68. The summed E-state index contributed by atoms with van der Waals surface area (Å²) in [5.41, 5.74) is 1.27. The van der Waals surface area contributed by atoms with Gasteiger partial charge in [-0.15, -0.1) is 11.3 Å². The molecule has 6 nitrogen and oxygen atoms in total. The van der Waals surface area contributed by atoms with Crippen molar-refractivity contribution >= 4 is 40.4 Å². The number of rotatable bonds is 8.